The summed E-state index contributed by atoms with van der Waals surface area (Å²) in [5, 5.41) is 9.34. The van der Waals surface area contributed by atoms with Crippen molar-refractivity contribution in [3.05, 3.63) is 52.6 Å². The van der Waals surface area contributed by atoms with Gasteiger partial charge in [0.15, 0.2) is 0 Å². The average Bonchev–Trinajstić information content (AvgIpc) is 2.37. The molecule has 1 aromatic heterocycles. The zero-order valence-electron chi connectivity index (χ0n) is 10.8. The summed E-state index contributed by atoms with van der Waals surface area (Å²) in [4.78, 5) is 10.5. The van der Waals surface area contributed by atoms with Crippen molar-refractivity contribution in [3.63, 3.8) is 0 Å². The van der Waals surface area contributed by atoms with Crippen LogP contribution in [0.1, 0.15) is 17.1 Å². The van der Waals surface area contributed by atoms with E-state index >= 15 is 0 Å². The fourth-order valence-corrected chi connectivity index (χ4v) is 2.03. The lowest BCUT2D eigenvalue weighted by Gasteiger charge is -2.18. The van der Waals surface area contributed by atoms with Crippen LogP contribution in [0.2, 0.25) is 5.15 Å². The molecule has 96 valence electrons. The first-order chi connectivity index (χ1) is 9.08. The Balaban J connectivity index is 2.20. The maximum atomic E-state index is 8.90. The van der Waals surface area contributed by atoms with Crippen LogP contribution in [-0.4, -0.2) is 17.0 Å². The van der Waals surface area contributed by atoms with Crippen LogP contribution in [0.4, 0.5) is 5.69 Å². The highest BCUT2D eigenvalue weighted by molar-refractivity contribution is 6.29. The zero-order valence-corrected chi connectivity index (χ0v) is 11.5. The Bertz CT molecular complexity index is 613. The number of nitrogens with zero attached hydrogens (tertiary/aromatic N) is 4. The van der Waals surface area contributed by atoms with Crippen LogP contribution in [0.25, 0.3) is 0 Å². The van der Waals surface area contributed by atoms with Gasteiger partial charge in [0.05, 0.1) is 18.2 Å². The standard InChI is InChI=1S/C14H13ClN4/c1-10-6-13(15)18-14(17-10)9-19(2)12-5-3-4-11(7-12)8-16/h3-7H,9H2,1-2H3. The molecule has 0 radical (unpaired) electrons. The average molecular weight is 273 g/mol. The molecule has 0 bridgehead atoms. The van der Waals surface area contributed by atoms with Crippen molar-refractivity contribution in [2.24, 2.45) is 0 Å². The molecule has 0 N–H and O–H groups in total. The molecule has 5 heteroatoms. The summed E-state index contributed by atoms with van der Waals surface area (Å²) in [6.45, 7) is 2.42. The van der Waals surface area contributed by atoms with Crippen LogP contribution < -0.4 is 4.90 Å². The number of aryl methyl sites for hydroxylation is 1. The molecule has 0 unspecified atom stereocenters. The van der Waals surface area contributed by atoms with Crippen molar-refractivity contribution < 1.29 is 0 Å². The van der Waals surface area contributed by atoms with Crippen LogP contribution >= 0.6 is 11.6 Å². The Morgan fingerprint density at radius 1 is 1.32 bits per heavy atom. The molecule has 0 spiro atoms. The van der Waals surface area contributed by atoms with E-state index in [-0.39, 0.29) is 0 Å². The first kappa shape index (κ1) is 13.3. The van der Waals surface area contributed by atoms with E-state index in [1.807, 2.05) is 37.1 Å². The lowest BCUT2D eigenvalue weighted by molar-refractivity contribution is 0.828. The molecule has 4 nitrogen and oxygen atoms in total. The molecule has 19 heavy (non-hydrogen) atoms. The van der Waals surface area contributed by atoms with E-state index in [0.717, 1.165) is 11.4 Å². The smallest absolute Gasteiger partial charge is 0.149 e. The molecule has 0 saturated heterocycles. The summed E-state index contributed by atoms with van der Waals surface area (Å²) in [6, 6.07) is 11.3. The van der Waals surface area contributed by atoms with Crippen molar-refractivity contribution >= 4 is 17.3 Å². The monoisotopic (exact) mass is 272 g/mol. The predicted molar refractivity (Wildman–Crippen MR) is 75.0 cm³/mol. The first-order valence-electron chi connectivity index (χ1n) is 5.80. The maximum Gasteiger partial charge on any atom is 0.149 e. The van der Waals surface area contributed by atoms with Crippen molar-refractivity contribution in [2.45, 2.75) is 13.5 Å². The van der Waals surface area contributed by atoms with Crippen molar-refractivity contribution in [2.75, 3.05) is 11.9 Å². The molecule has 0 atom stereocenters. The van der Waals surface area contributed by atoms with Gasteiger partial charge in [-0.05, 0) is 31.2 Å². The number of nitriles is 1. The largest absolute Gasteiger partial charge is 0.367 e. The van der Waals surface area contributed by atoms with Gasteiger partial charge in [0.25, 0.3) is 0 Å². The van der Waals surface area contributed by atoms with Gasteiger partial charge in [0.1, 0.15) is 11.0 Å². The molecule has 0 aliphatic rings. The SMILES string of the molecule is Cc1cc(Cl)nc(CN(C)c2cccc(C#N)c2)n1. The van der Waals surface area contributed by atoms with E-state index in [2.05, 4.69) is 16.0 Å². The summed E-state index contributed by atoms with van der Waals surface area (Å²) in [6.07, 6.45) is 0. The number of anilines is 1. The van der Waals surface area contributed by atoms with Gasteiger partial charge in [0.2, 0.25) is 0 Å². The second-order valence-electron chi connectivity index (χ2n) is 4.27. The fourth-order valence-electron chi connectivity index (χ4n) is 1.78. The second kappa shape index (κ2) is 5.68. The van der Waals surface area contributed by atoms with E-state index < -0.39 is 0 Å². The molecular formula is C14H13ClN4. The molecule has 0 aliphatic heterocycles. The molecule has 0 aliphatic carbocycles. The summed E-state index contributed by atoms with van der Waals surface area (Å²) in [5.74, 6) is 0.662. The normalized spacial score (nSPS) is 10.0. The first-order valence-corrected chi connectivity index (χ1v) is 6.17. The molecule has 1 aromatic carbocycles. The van der Waals surface area contributed by atoms with Crippen LogP contribution in [-0.2, 0) is 6.54 Å². The van der Waals surface area contributed by atoms with E-state index in [1.165, 1.54) is 0 Å². The van der Waals surface area contributed by atoms with E-state index in [9.17, 15) is 0 Å². The number of rotatable bonds is 3. The third-order valence-electron chi connectivity index (χ3n) is 2.66. The van der Waals surface area contributed by atoms with Gasteiger partial charge < -0.3 is 4.90 Å². The third kappa shape index (κ3) is 3.43. The number of benzene rings is 1. The third-order valence-corrected chi connectivity index (χ3v) is 2.86. The predicted octanol–water partition coefficient (Wildman–Crippen LogP) is 2.95. The number of hydrogen-bond acceptors (Lipinski definition) is 4. The van der Waals surface area contributed by atoms with Gasteiger partial charge in [-0.3, -0.25) is 0 Å². The Morgan fingerprint density at radius 3 is 2.79 bits per heavy atom. The van der Waals surface area contributed by atoms with Gasteiger partial charge in [-0.1, -0.05) is 17.7 Å². The Labute approximate surface area is 117 Å². The highest BCUT2D eigenvalue weighted by Gasteiger charge is 2.06. The van der Waals surface area contributed by atoms with Gasteiger partial charge in [0, 0.05) is 18.4 Å². The molecule has 1 heterocycles. The van der Waals surface area contributed by atoms with Gasteiger partial charge >= 0.3 is 0 Å². The zero-order chi connectivity index (χ0) is 13.8. The van der Waals surface area contributed by atoms with E-state index in [0.29, 0.717) is 23.1 Å². The van der Waals surface area contributed by atoms with Crippen molar-refractivity contribution in [3.8, 4) is 6.07 Å². The Kier molecular flexibility index (Phi) is 3.98. The van der Waals surface area contributed by atoms with Gasteiger partial charge in [-0.15, -0.1) is 0 Å². The molecule has 0 saturated carbocycles. The Morgan fingerprint density at radius 2 is 2.11 bits per heavy atom. The minimum Gasteiger partial charge on any atom is -0.367 e. The van der Waals surface area contributed by atoms with E-state index in [4.69, 9.17) is 16.9 Å². The summed E-state index contributed by atoms with van der Waals surface area (Å²) in [7, 11) is 1.93. The van der Waals surface area contributed by atoms with E-state index in [1.54, 1.807) is 12.1 Å². The number of hydrogen-bond donors (Lipinski definition) is 0. The quantitative estimate of drug-likeness (QED) is 0.806. The summed E-state index contributed by atoms with van der Waals surface area (Å²) < 4.78 is 0. The second-order valence-corrected chi connectivity index (χ2v) is 4.65. The molecule has 0 fully saturated rings. The molecule has 0 amide bonds. The highest BCUT2D eigenvalue weighted by atomic mass is 35.5. The van der Waals surface area contributed by atoms with Crippen LogP contribution in [0, 0.1) is 18.3 Å². The Hall–Kier alpha value is -2.12. The van der Waals surface area contributed by atoms with Gasteiger partial charge in [-0.2, -0.15) is 5.26 Å². The molecule has 2 aromatic rings. The molecule has 2 rings (SSSR count). The summed E-state index contributed by atoms with van der Waals surface area (Å²) in [5.41, 5.74) is 2.42. The van der Waals surface area contributed by atoms with Crippen LogP contribution in [0.5, 0.6) is 0 Å². The van der Waals surface area contributed by atoms with Gasteiger partial charge in [-0.25, -0.2) is 9.97 Å². The number of aromatic nitrogens is 2. The fraction of sp³-hybridized carbons (Fsp3) is 0.214. The van der Waals surface area contributed by atoms with Crippen LogP contribution in [0.3, 0.4) is 0 Å². The maximum absolute atomic E-state index is 8.90. The minimum absolute atomic E-state index is 0.446. The number of halogens is 1. The minimum atomic E-state index is 0.446. The summed E-state index contributed by atoms with van der Waals surface area (Å²) >= 11 is 5.91. The van der Waals surface area contributed by atoms with Crippen molar-refractivity contribution in [1.82, 2.24) is 9.97 Å². The molecular weight excluding hydrogens is 260 g/mol. The highest BCUT2D eigenvalue weighted by Crippen LogP contribution is 2.16. The lowest BCUT2D eigenvalue weighted by atomic mass is 10.2. The lowest BCUT2D eigenvalue weighted by Crippen LogP contribution is -2.18. The van der Waals surface area contributed by atoms with Crippen LogP contribution in [0.15, 0.2) is 30.3 Å². The van der Waals surface area contributed by atoms with Crippen molar-refractivity contribution in [1.29, 1.82) is 5.26 Å². The topological polar surface area (TPSA) is 52.8 Å².